The van der Waals surface area contributed by atoms with Crippen molar-refractivity contribution in [2.24, 2.45) is 0 Å². The van der Waals surface area contributed by atoms with E-state index < -0.39 is 25.4 Å². The summed E-state index contributed by atoms with van der Waals surface area (Å²) in [6.07, 6.45) is 0. The minimum atomic E-state index is -4.14. The summed E-state index contributed by atoms with van der Waals surface area (Å²) in [4.78, 5) is 10.2. The van der Waals surface area contributed by atoms with Crippen LogP contribution in [0.4, 0.5) is 0 Å². The molecule has 0 bridgehead atoms. The van der Waals surface area contributed by atoms with Gasteiger partial charge in [-0.2, -0.15) is 4.72 Å². The molecular formula is C15H13Cl3N2O4S. The molecule has 134 valence electrons. The summed E-state index contributed by atoms with van der Waals surface area (Å²) < 4.78 is 24.8. The van der Waals surface area contributed by atoms with Gasteiger partial charge in [0.1, 0.15) is 6.04 Å². The summed E-state index contributed by atoms with van der Waals surface area (Å²) in [7, 11) is -4.14. The van der Waals surface area contributed by atoms with E-state index in [1.165, 1.54) is 30.3 Å². The van der Waals surface area contributed by atoms with Gasteiger partial charge >= 0.3 is 4.46 Å². The smallest absolute Gasteiger partial charge is 0.261 e. The Balaban J connectivity index is 2.52. The average Bonchev–Trinajstić information content (AvgIpc) is 2.53. The fourth-order valence-electron chi connectivity index (χ4n) is 2.08. The Kier molecular flexibility index (Phi) is 5.96. The van der Waals surface area contributed by atoms with Crippen molar-refractivity contribution in [1.82, 2.24) is 4.72 Å². The Hall–Kier alpha value is -1.38. The largest absolute Gasteiger partial charge is 0.390 e. The number of hydrogen-bond acceptors (Lipinski definition) is 4. The van der Waals surface area contributed by atoms with Crippen LogP contribution >= 0.6 is 34.8 Å². The van der Waals surface area contributed by atoms with E-state index in [1.807, 2.05) is 0 Å². The highest BCUT2D eigenvalue weighted by atomic mass is 35.5. The van der Waals surface area contributed by atoms with Gasteiger partial charge in [0.05, 0.1) is 9.82 Å². The Morgan fingerprint density at radius 3 is 2.20 bits per heavy atom. The minimum absolute atomic E-state index is 0.0809. The summed E-state index contributed by atoms with van der Waals surface area (Å²) in [5.74, 6) is 0. The van der Waals surface area contributed by atoms with Crippen molar-refractivity contribution < 1.29 is 13.3 Å². The van der Waals surface area contributed by atoms with Crippen molar-refractivity contribution >= 4 is 44.8 Å². The molecule has 0 spiro atoms. The van der Waals surface area contributed by atoms with Crippen molar-refractivity contribution in [1.29, 1.82) is 0 Å². The Bertz CT molecular complexity index is 886. The number of aryl methyl sites for hydroxylation is 1. The van der Waals surface area contributed by atoms with Gasteiger partial charge in [-0.15, -0.1) is 0 Å². The summed E-state index contributed by atoms with van der Waals surface area (Å²) in [6, 6.07) is 10.3. The lowest BCUT2D eigenvalue weighted by Gasteiger charge is -2.24. The molecule has 0 amide bonds. The van der Waals surface area contributed by atoms with E-state index in [1.54, 1.807) is 25.1 Å². The lowest BCUT2D eigenvalue weighted by Crippen LogP contribution is -2.44. The lowest BCUT2D eigenvalue weighted by molar-refractivity contribution is -0.520. The van der Waals surface area contributed by atoms with Crippen LogP contribution in [0.1, 0.15) is 17.2 Å². The average molecular weight is 424 g/mol. The van der Waals surface area contributed by atoms with Gasteiger partial charge in [0, 0.05) is 5.02 Å². The first-order chi connectivity index (χ1) is 11.6. The van der Waals surface area contributed by atoms with Crippen LogP contribution in [0.25, 0.3) is 0 Å². The van der Waals surface area contributed by atoms with Gasteiger partial charge < -0.3 is 0 Å². The topological polar surface area (TPSA) is 89.3 Å². The fraction of sp³-hybridized carbons (Fsp3) is 0.200. The van der Waals surface area contributed by atoms with Crippen LogP contribution in [0.5, 0.6) is 0 Å². The quantitative estimate of drug-likeness (QED) is 0.328. The molecular weight excluding hydrogens is 411 g/mol. The van der Waals surface area contributed by atoms with Gasteiger partial charge in [-0.05, 0) is 53.9 Å². The first-order valence-corrected chi connectivity index (χ1v) is 9.53. The summed E-state index contributed by atoms with van der Waals surface area (Å²) >= 11 is 17.7. The minimum Gasteiger partial charge on any atom is -0.261 e. The highest BCUT2D eigenvalue weighted by molar-refractivity contribution is 7.89. The molecule has 0 unspecified atom stereocenters. The number of nitrogens with zero attached hydrogens (tertiary/aromatic N) is 1. The first-order valence-electron chi connectivity index (χ1n) is 6.91. The van der Waals surface area contributed by atoms with Gasteiger partial charge in [-0.1, -0.05) is 47.5 Å². The van der Waals surface area contributed by atoms with E-state index >= 15 is 0 Å². The molecule has 25 heavy (non-hydrogen) atoms. The highest BCUT2D eigenvalue weighted by Crippen LogP contribution is 2.40. The number of nitrogens with one attached hydrogen (secondary N) is 1. The van der Waals surface area contributed by atoms with Gasteiger partial charge in [0.25, 0.3) is 0 Å². The lowest BCUT2D eigenvalue weighted by atomic mass is 10.1. The zero-order chi connectivity index (χ0) is 18.8. The summed E-state index contributed by atoms with van der Waals surface area (Å²) in [5, 5.41) is 11.4. The number of alkyl halides is 2. The zero-order valence-corrected chi connectivity index (χ0v) is 15.9. The molecule has 1 N–H and O–H groups in total. The predicted molar refractivity (Wildman–Crippen MR) is 97.1 cm³/mol. The zero-order valence-electron chi connectivity index (χ0n) is 12.8. The molecule has 0 aliphatic heterocycles. The number of rotatable bonds is 6. The Labute approximate surface area is 159 Å². The molecule has 0 aromatic heterocycles. The van der Waals surface area contributed by atoms with Crippen LogP contribution in [0, 0.1) is 17.0 Å². The van der Waals surface area contributed by atoms with E-state index in [-0.39, 0.29) is 15.5 Å². The number of halogens is 3. The standard InChI is InChI=1S/C15H13Cl3N2O4S/c1-10-6-8-11(9-7-10)25(23,24)19-14(15(17,18)20(21)22)12-4-2-3-5-13(12)16/h2-9,14,19H,1H3/t14-/m1/s1. The van der Waals surface area contributed by atoms with Crippen molar-refractivity contribution in [3.63, 3.8) is 0 Å². The molecule has 0 saturated carbocycles. The van der Waals surface area contributed by atoms with Crippen LogP contribution in [0.3, 0.4) is 0 Å². The van der Waals surface area contributed by atoms with Crippen LogP contribution in [-0.4, -0.2) is 17.8 Å². The van der Waals surface area contributed by atoms with Crippen molar-refractivity contribution in [2.45, 2.75) is 22.3 Å². The molecule has 0 aliphatic rings. The second kappa shape index (κ2) is 7.47. The van der Waals surface area contributed by atoms with E-state index in [9.17, 15) is 18.5 Å². The molecule has 2 rings (SSSR count). The van der Waals surface area contributed by atoms with Crippen LogP contribution in [0.2, 0.25) is 5.02 Å². The molecule has 2 aromatic rings. The predicted octanol–water partition coefficient (Wildman–Crippen LogP) is 4.08. The van der Waals surface area contributed by atoms with Gasteiger partial charge in [-0.3, -0.25) is 10.1 Å². The molecule has 1 atom stereocenters. The monoisotopic (exact) mass is 422 g/mol. The Morgan fingerprint density at radius 2 is 1.68 bits per heavy atom. The third kappa shape index (κ3) is 4.43. The summed E-state index contributed by atoms with van der Waals surface area (Å²) in [6.45, 7) is 1.80. The molecule has 0 fully saturated rings. The Morgan fingerprint density at radius 1 is 1.12 bits per heavy atom. The summed E-state index contributed by atoms with van der Waals surface area (Å²) in [5.41, 5.74) is 0.942. The SMILES string of the molecule is Cc1ccc(S(=O)(=O)N[C@H](c2ccccc2Cl)C(Cl)(Cl)[N+](=O)[O-])cc1. The fourth-order valence-corrected chi connectivity index (χ4v) is 4.03. The second-order valence-electron chi connectivity index (χ2n) is 5.23. The molecule has 6 nitrogen and oxygen atoms in total. The molecule has 0 heterocycles. The van der Waals surface area contributed by atoms with Crippen LogP contribution < -0.4 is 4.72 Å². The maximum absolute atomic E-state index is 12.6. The number of hydrogen-bond donors (Lipinski definition) is 1. The number of nitro groups is 1. The van der Waals surface area contributed by atoms with E-state index in [2.05, 4.69) is 4.72 Å². The molecule has 0 aliphatic carbocycles. The van der Waals surface area contributed by atoms with Crippen LogP contribution in [-0.2, 0) is 10.0 Å². The van der Waals surface area contributed by atoms with Gasteiger partial charge in [-0.25, -0.2) is 8.42 Å². The van der Waals surface area contributed by atoms with Gasteiger partial charge in [0.2, 0.25) is 10.0 Å². The molecule has 2 aromatic carbocycles. The molecule has 0 saturated heterocycles. The third-order valence-electron chi connectivity index (χ3n) is 3.41. The van der Waals surface area contributed by atoms with E-state index in [0.717, 1.165) is 5.56 Å². The first kappa shape index (κ1) is 19.9. The van der Waals surface area contributed by atoms with Crippen molar-refractivity contribution in [3.05, 3.63) is 74.8 Å². The number of sulfonamides is 1. The maximum Gasteiger partial charge on any atom is 0.390 e. The van der Waals surface area contributed by atoms with Crippen LogP contribution in [0.15, 0.2) is 53.4 Å². The van der Waals surface area contributed by atoms with E-state index in [0.29, 0.717) is 0 Å². The molecule has 0 radical (unpaired) electrons. The van der Waals surface area contributed by atoms with Crippen molar-refractivity contribution in [3.8, 4) is 0 Å². The molecule has 10 heteroatoms. The van der Waals surface area contributed by atoms with Crippen molar-refractivity contribution in [2.75, 3.05) is 0 Å². The van der Waals surface area contributed by atoms with Gasteiger partial charge in [0.15, 0.2) is 0 Å². The van der Waals surface area contributed by atoms with E-state index in [4.69, 9.17) is 34.8 Å². The third-order valence-corrected chi connectivity index (χ3v) is 5.91. The normalized spacial score (nSPS) is 13.4. The highest BCUT2D eigenvalue weighted by Gasteiger charge is 2.50. The second-order valence-corrected chi connectivity index (χ2v) is 8.70. The number of benzene rings is 2. The maximum atomic E-state index is 12.6.